The van der Waals surface area contributed by atoms with Crippen molar-refractivity contribution in [2.45, 2.75) is 31.8 Å². The lowest BCUT2D eigenvalue weighted by molar-refractivity contribution is -0.115. The first-order valence-electron chi connectivity index (χ1n) is 19.4. The lowest BCUT2D eigenvalue weighted by Gasteiger charge is -2.34. The van der Waals surface area contributed by atoms with Gasteiger partial charge in [0, 0.05) is 48.6 Å². The number of hydrogen-bond acceptors (Lipinski definition) is 7. The van der Waals surface area contributed by atoms with Gasteiger partial charge in [-0.05, 0) is 73.5 Å². The normalized spacial score (nSPS) is 14.6. The number of benzene rings is 5. The maximum Gasteiger partial charge on any atom is 0.419 e. The van der Waals surface area contributed by atoms with Crippen molar-refractivity contribution in [2.24, 2.45) is 5.92 Å². The number of para-hydroxylation sites is 2. The molecule has 5 aromatic carbocycles. The second-order valence-corrected chi connectivity index (χ2v) is 14.3. The van der Waals surface area contributed by atoms with Crippen molar-refractivity contribution in [3.63, 3.8) is 0 Å². The minimum atomic E-state index is -0.403. The van der Waals surface area contributed by atoms with Gasteiger partial charge in [0.25, 0.3) is 0 Å². The van der Waals surface area contributed by atoms with E-state index in [0.29, 0.717) is 36.6 Å². The van der Waals surface area contributed by atoms with E-state index in [1.54, 1.807) is 29.2 Å². The van der Waals surface area contributed by atoms with Gasteiger partial charge in [-0.25, -0.2) is 9.69 Å². The number of nitrogens with one attached hydrogen (secondary N) is 3. The lowest BCUT2D eigenvalue weighted by atomic mass is 10.00. The van der Waals surface area contributed by atoms with E-state index in [-0.39, 0.29) is 30.9 Å². The number of rotatable bonds is 16. The first-order chi connectivity index (χ1) is 27.0. The molecule has 1 aliphatic carbocycles. The summed E-state index contributed by atoms with van der Waals surface area (Å²) in [6.45, 7) is 4.34. The van der Waals surface area contributed by atoms with Crippen LogP contribution in [0.25, 0.3) is 22.3 Å². The minimum Gasteiger partial charge on any atom is -0.445 e. The van der Waals surface area contributed by atoms with Gasteiger partial charge in [0.2, 0.25) is 5.91 Å². The van der Waals surface area contributed by atoms with Crippen molar-refractivity contribution < 1.29 is 19.1 Å². The fourth-order valence-corrected chi connectivity index (χ4v) is 7.06. The number of hydrogen-bond donors (Lipinski definition) is 3. The number of ether oxygens (including phenoxy) is 1. The Morgan fingerprint density at radius 3 is 1.87 bits per heavy atom. The van der Waals surface area contributed by atoms with Crippen LogP contribution < -0.4 is 20.9 Å². The zero-order valence-corrected chi connectivity index (χ0v) is 31.2. The molecule has 55 heavy (non-hydrogen) atoms. The predicted molar refractivity (Wildman–Crippen MR) is 220 cm³/mol. The topological polar surface area (TPSA) is 103 Å². The Labute approximate surface area is 323 Å². The summed E-state index contributed by atoms with van der Waals surface area (Å²) in [5, 5.41) is 9.36. The largest absolute Gasteiger partial charge is 0.445 e. The van der Waals surface area contributed by atoms with E-state index in [2.05, 4.69) is 45.1 Å². The molecule has 0 atom stereocenters. The van der Waals surface area contributed by atoms with Crippen molar-refractivity contribution in [3.05, 3.63) is 139 Å². The molecule has 7 rings (SSSR count). The Kier molecular flexibility index (Phi) is 12.8. The molecule has 2 aliphatic rings. The van der Waals surface area contributed by atoms with E-state index in [1.807, 2.05) is 84.9 Å². The van der Waals surface area contributed by atoms with Crippen LogP contribution in [0.4, 0.5) is 21.9 Å². The average molecular weight is 736 g/mol. The number of Topliss-reactive ketones (excluding diaryl/α,β-unsaturated/α-hetero) is 1. The number of ketones is 1. The van der Waals surface area contributed by atoms with Gasteiger partial charge >= 0.3 is 6.09 Å². The standard InChI is InChI=1S/C46H49N5O4/c52-44(37-16-11-17-38(30-37)49-45(53)33-48-31-34-22-23-34)32-47-26-29-50-27-24-39(25-28-50)55-46(54)51(42-20-9-7-18-40(42)35-12-3-1-4-13-35)43-21-10-8-19-41(43)36-14-5-2-6-15-36/h1-21,30,34,39,47-48H,22-29,31-33H2,(H,49,53). The van der Waals surface area contributed by atoms with Crippen LogP contribution in [-0.4, -0.2) is 74.6 Å². The van der Waals surface area contributed by atoms with E-state index in [1.165, 1.54) is 12.8 Å². The molecular weight excluding hydrogens is 687 g/mol. The highest BCUT2D eigenvalue weighted by Crippen LogP contribution is 2.40. The van der Waals surface area contributed by atoms with Gasteiger partial charge in [-0.1, -0.05) is 109 Å². The Balaban J connectivity index is 0.935. The summed E-state index contributed by atoms with van der Waals surface area (Å²) in [4.78, 5) is 43.7. The number of carbonyl (C=O) groups is 3. The SMILES string of the molecule is O=C(CNCC1CC1)Nc1cccc(C(=O)CNCCN2CCC(OC(=O)N(c3ccccc3-c3ccccc3)c3ccccc3-c3ccccc3)CC2)c1. The van der Waals surface area contributed by atoms with Crippen LogP contribution in [-0.2, 0) is 9.53 Å². The van der Waals surface area contributed by atoms with Gasteiger partial charge in [0.05, 0.1) is 24.5 Å². The third kappa shape index (κ3) is 10.3. The van der Waals surface area contributed by atoms with E-state index in [0.717, 1.165) is 59.8 Å². The molecule has 3 N–H and O–H groups in total. The number of likely N-dealkylation sites (tertiary alicyclic amines) is 1. The highest BCUT2D eigenvalue weighted by Gasteiger charge is 2.29. The van der Waals surface area contributed by atoms with Gasteiger partial charge < -0.3 is 25.6 Å². The molecule has 5 aromatic rings. The molecule has 1 saturated heterocycles. The molecule has 2 amide bonds. The van der Waals surface area contributed by atoms with Gasteiger partial charge in [-0.2, -0.15) is 0 Å². The maximum absolute atomic E-state index is 14.4. The summed E-state index contributed by atoms with van der Waals surface area (Å²) in [5.74, 6) is 0.570. The third-order valence-electron chi connectivity index (χ3n) is 10.2. The lowest BCUT2D eigenvalue weighted by Crippen LogP contribution is -2.42. The second kappa shape index (κ2) is 18.6. The van der Waals surface area contributed by atoms with Crippen molar-refractivity contribution in [3.8, 4) is 22.3 Å². The summed E-state index contributed by atoms with van der Waals surface area (Å²) in [6.07, 6.45) is 3.27. The molecule has 0 bridgehead atoms. The monoisotopic (exact) mass is 735 g/mol. The Hall–Kier alpha value is -5.61. The van der Waals surface area contributed by atoms with E-state index < -0.39 is 6.09 Å². The molecule has 1 heterocycles. The molecule has 0 spiro atoms. The van der Waals surface area contributed by atoms with E-state index >= 15 is 0 Å². The molecule has 9 heteroatoms. The molecule has 0 unspecified atom stereocenters. The van der Waals surface area contributed by atoms with Crippen molar-refractivity contribution in [2.75, 3.05) is 56.0 Å². The summed E-state index contributed by atoms with van der Waals surface area (Å²) < 4.78 is 6.33. The van der Waals surface area contributed by atoms with Gasteiger partial charge in [0.15, 0.2) is 5.78 Å². The van der Waals surface area contributed by atoms with Crippen LogP contribution in [0.1, 0.15) is 36.0 Å². The maximum atomic E-state index is 14.4. The van der Waals surface area contributed by atoms with Crippen molar-refractivity contribution in [1.29, 1.82) is 0 Å². The van der Waals surface area contributed by atoms with Crippen molar-refractivity contribution in [1.82, 2.24) is 15.5 Å². The fraction of sp³-hybridized carbons (Fsp3) is 0.283. The minimum absolute atomic E-state index is 0.0270. The zero-order chi connectivity index (χ0) is 37.8. The molecule has 2 fully saturated rings. The van der Waals surface area contributed by atoms with Gasteiger partial charge in [0.1, 0.15) is 6.10 Å². The van der Waals surface area contributed by atoms with Gasteiger partial charge in [-0.15, -0.1) is 0 Å². The van der Waals surface area contributed by atoms with Crippen LogP contribution in [0.5, 0.6) is 0 Å². The number of amides is 2. The second-order valence-electron chi connectivity index (χ2n) is 14.3. The number of nitrogens with zero attached hydrogens (tertiary/aromatic N) is 2. The van der Waals surface area contributed by atoms with E-state index in [9.17, 15) is 14.4 Å². The van der Waals surface area contributed by atoms with Gasteiger partial charge in [-0.3, -0.25) is 9.59 Å². The average Bonchev–Trinajstić information content (AvgIpc) is 4.06. The summed E-state index contributed by atoms with van der Waals surface area (Å²) >= 11 is 0. The summed E-state index contributed by atoms with van der Waals surface area (Å²) in [6, 6.07) is 43.3. The first kappa shape index (κ1) is 37.7. The summed E-state index contributed by atoms with van der Waals surface area (Å²) in [5.41, 5.74) is 6.61. The zero-order valence-electron chi connectivity index (χ0n) is 31.2. The Morgan fingerprint density at radius 2 is 1.25 bits per heavy atom. The molecule has 1 saturated carbocycles. The molecule has 0 aromatic heterocycles. The number of carbonyl (C=O) groups excluding carboxylic acids is 3. The predicted octanol–water partition coefficient (Wildman–Crippen LogP) is 8.17. The molecule has 0 radical (unpaired) electrons. The molecular formula is C46H49N5O4. The first-order valence-corrected chi connectivity index (χ1v) is 19.4. The van der Waals surface area contributed by atoms with Crippen LogP contribution >= 0.6 is 0 Å². The third-order valence-corrected chi connectivity index (χ3v) is 10.2. The fourth-order valence-electron chi connectivity index (χ4n) is 7.06. The van der Waals surface area contributed by atoms with Crippen LogP contribution in [0.3, 0.4) is 0 Å². The Bertz CT molecular complexity index is 1960. The number of piperidine rings is 1. The quantitative estimate of drug-likeness (QED) is 0.0694. The highest BCUT2D eigenvalue weighted by molar-refractivity contribution is 6.04. The molecule has 1 aliphatic heterocycles. The van der Waals surface area contributed by atoms with Crippen molar-refractivity contribution >= 4 is 34.8 Å². The molecule has 9 nitrogen and oxygen atoms in total. The summed E-state index contributed by atoms with van der Waals surface area (Å²) in [7, 11) is 0. The van der Waals surface area contributed by atoms with E-state index in [4.69, 9.17) is 4.74 Å². The van der Waals surface area contributed by atoms with Crippen LogP contribution in [0.15, 0.2) is 133 Å². The highest BCUT2D eigenvalue weighted by atomic mass is 16.6. The number of anilines is 3. The van der Waals surface area contributed by atoms with Crippen LogP contribution in [0.2, 0.25) is 0 Å². The Morgan fingerprint density at radius 1 is 0.655 bits per heavy atom. The smallest absolute Gasteiger partial charge is 0.419 e. The molecule has 282 valence electrons. The van der Waals surface area contributed by atoms with Crippen LogP contribution in [0, 0.1) is 5.92 Å².